The second-order valence-corrected chi connectivity index (χ2v) is 4.65. The van der Waals surface area contributed by atoms with Gasteiger partial charge in [-0.15, -0.1) is 0 Å². The maximum absolute atomic E-state index is 11.2. The summed E-state index contributed by atoms with van der Waals surface area (Å²) in [5.74, 6) is -0.0332. The van der Waals surface area contributed by atoms with Crippen LogP contribution >= 0.6 is 0 Å². The maximum Gasteiger partial charge on any atom is 0.276 e. The van der Waals surface area contributed by atoms with Gasteiger partial charge in [-0.25, -0.2) is 0 Å². The van der Waals surface area contributed by atoms with Crippen molar-refractivity contribution in [3.8, 4) is 0 Å². The van der Waals surface area contributed by atoms with Gasteiger partial charge >= 0.3 is 0 Å². The molecule has 0 fully saturated rings. The van der Waals surface area contributed by atoms with Crippen LogP contribution in [0.3, 0.4) is 0 Å². The molecule has 4 nitrogen and oxygen atoms in total. The second kappa shape index (κ2) is 4.28. The lowest BCUT2D eigenvalue weighted by molar-refractivity contribution is -0.386. The van der Waals surface area contributed by atoms with Crippen LogP contribution in [0.2, 0.25) is 0 Å². The van der Waals surface area contributed by atoms with Crippen LogP contribution in [0.1, 0.15) is 35.6 Å². The van der Waals surface area contributed by atoms with Crippen LogP contribution in [0.5, 0.6) is 0 Å². The normalized spacial score (nSPS) is 13.5. The molecule has 17 heavy (non-hydrogen) atoms. The maximum atomic E-state index is 11.2. The summed E-state index contributed by atoms with van der Waals surface area (Å²) in [7, 11) is 0. The minimum Gasteiger partial charge on any atom is -0.300 e. The first kappa shape index (κ1) is 11.8. The van der Waals surface area contributed by atoms with Gasteiger partial charge < -0.3 is 0 Å². The van der Waals surface area contributed by atoms with E-state index in [2.05, 4.69) is 0 Å². The average Bonchev–Trinajstić information content (AvgIpc) is 2.64. The lowest BCUT2D eigenvalue weighted by Gasteiger charge is -2.10. The predicted molar refractivity (Wildman–Crippen MR) is 64.2 cm³/mol. The molecule has 0 bridgehead atoms. The van der Waals surface area contributed by atoms with Crippen molar-refractivity contribution >= 4 is 11.5 Å². The third-order valence-corrected chi connectivity index (χ3v) is 3.31. The van der Waals surface area contributed by atoms with E-state index in [1.165, 1.54) is 6.92 Å². The highest BCUT2D eigenvalue weighted by atomic mass is 16.6. The Morgan fingerprint density at radius 2 is 2.18 bits per heavy atom. The van der Waals surface area contributed by atoms with E-state index in [0.717, 1.165) is 36.0 Å². The molecule has 0 saturated carbocycles. The van der Waals surface area contributed by atoms with Crippen molar-refractivity contribution in [2.24, 2.45) is 0 Å². The molecule has 0 heterocycles. The largest absolute Gasteiger partial charge is 0.300 e. The molecule has 0 N–H and O–H groups in total. The molecule has 1 aliphatic rings. The first-order chi connectivity index (χ1) is 8.00. The fourth-order valence-electron chi connectivity index (χ4n) is 2.61. The Morgan fingerprint density at radius 3 is 2.76 bits per heavy atom. The van der Waals surface area contributed by atoms with Crippen molar-refractivity contribution < 1.29 is 9.72 Å². The highest BCUT2D eigenvalue weighted by Crippen LogP contribution is 2.36. The van der Waals surface area contributed by atoms with Crippen LogP contribution in [-0.4, -0.2) is 10.7 Å². The number of benzene rings is 1. The van der Waals surface area contributed by atoms with Crippen molar-refractivity contribution in [2.75, 3.05) is 0 Å². The number of carbonyl (C=O) groups is 1. The highest BCUT2D eigenvalue weighted by Gasteiger charge is 2.27. The summed E-state index contributed by atoms with van der Waals surface area (Å²) >= 11 is 0. The van der Waals surface area contributed by atoms with E-state index in [0.29, 0.717) is 5.56 Å². The van der Waals surface area contributed by atoms with Gasteiger partial charge in [0.2, 0.25) is 0 Å². The van der Waals surface area contributed by atoms with E-state index in [4.69, 9.17) is 0 Å². The minimum absolute atomic E-state index is 0.0332. The molecule has 4 heteroatoms. The van der Waals surface area contributed by atoms with Crippen molar-refractivity contribution in [1.29, 1.82) is 0 Å². The molecule has 0 amide bonds. The summed E-state index contributed by atoms with van der Waals surface area (Å²) in [4.78, 5) is 22.1. The Bertz CT molecular complexity index is 506. The van der Waals surface area contributed by atoms with Crippen molar-refractivity contribution in [3.05, 3.63) is 38.4 Å². The number of nitro groups is 1. The van der Waals surface area contributed by atoms with Gasteiger partial charge in [-0.3, -0.25) is 14.9 Å². The van der Waals surface area contributed by atoms with Crippen LogP contribution < -0.4 is 0 Å². The molecule has 90 valence electrons. The quantitative estimate of drug-likeness (QED) is 0.595. The molecule has 0 atom stereocenters. The standard InChI is InChI=1S/C13H15NO3/c1-8-6-10-4-3-5-11(10)13(14(16)17)12(8)7-9(2)15/h6H,3-5,7H2,1-2H3. The third-order valence-electron chi connectivity index (χ3n) is 3.31. The molecule has 0 saturated heterocycles. The minimum atomic E-state index is -0.324. The van der Waals surface area contributed by atoms with Crippen molar-refractivity contribution in [1.82, 2.24) is 0 Å². The zero-order valence-corrected chi connectivity index (χ0v) is 10.1. The van der Waals surface area contributed by atoms with E-state index < -0.39 is 0 Å². The highest BCUT2D eigenvalue weighted by molar-refractivity contribution is 5.80. The van der Waals surface area contributed by atoms with Gasteiger partial charge in [0.05, 0.1) is 4.92 Å². The summed E-state index contributed by atoms with van der Waals surface area (Å²) < 4.78 is 0. The van der Waals surface area contributed by atoms with Gasteiger partial charge in [0.15, 0.2) is 0 Å². The molecule has 1 aliphatic carbocycles. The van der Waals surface area contributed by atoms with Gasteiger partial charge in [-0.1, -0.05) is 6.07 Å². The number of hydrogen-bond donors (Lipinski definition) is 0. The summed E-state index contributed by atoms with van der Waals surface area (Å²) in [5, 5.41) is 11.2. The van der Waals surface area contributed by atoms with Gasteiger partial charge in [0.1, 0.15) is 5.78 Å². The third kappa shape index (κ3) is 2.07. The Labute approximate surface area is 99.8 Å². The zero-order valence-electron chi connectivity index (χ0n) is 10.1. The summed E-state index contributed by atoms with van der Waals surface area (Å²) in [6, 6.07) is 2.01. The molecule has 1 aromatic carbocycles. The molecular formula is C13H15NO3. The lowest BCUT2D eigenvalue weighted by Crippen LogP contribution is -2.07. The molecule has 0 aliphatic heterocycles. The van der Waals surface area contributed by atoms with E-state index in [9.17, 15) is 14.9 Å². The van der Waals surface area contributed by atoms with Crippen LogP contribution in [0, 0.1) is 17.0 Å². The topological polar surface area (TPSA) is 60.2 Å². The number of aryl methyl sites for hydroxylation is 2. The summed E-state index contributed by atoms with van der Waals surface area (Å²) in [6.07, 6.45) is 2.81. The van der Waals surface area contributed by atoms with Gasteiger partial charge in [0.25, 0.3) is 5.69 Å². The number of carbonyl (C=O) groups excluding carboxylic acids is 1. The van der Waals surface area contributed by atoms with Crippen LogP contribution in [0.15, 0.2) is 6.07 Å². The average molecular weight is 233 g/mol. The van der Waals surface area contributed by atoms with Gasteiger partial charge in [-0.2, -0.15) is 0 Å². The van der Waals surface area contributed by atoms with Crippen molar-refractivity contribution in [3.63, 3.8) is 0 Å². The van der Waals surface area contributed by atoms with Crippen LogP contribution in [0.25, 0.3) is 0 Å². The number of fused-ring (bicyclic) bond motifs is 1. The number of nitrogens with zero attached hydrogens (tertiary/aromatic N) is 1. The first-order valence-electron chi connectivity index (χ1n) is 5.78. The fraction of sp³-hybridized carbons (Fsp3) is 0.462. The Balaban J connectivity index is 2.64. The van der Waals surface area contributed by atoms with Crippen molar-refractivity contribution in [2.45, 2.75) is 39.5 Å². The molecule has 2 rings (SSSR count). The summed E-state index contributed by atoms with van der Waals surface area (Å²) in [6.45, 7) is 3.32. The first-order valence-corrected chi connectivity index (χ1v) is 5.78. The van der Waals surface area contributed by atoms with E-state index in [1.54, 1.807) is 0 Å². The SMILES string of the molecule is CC(=O)Cc1c(C)cc2c(c1[N+](=O)[O-])CCC2. The molecule has 0 aromatic heterocycles. The monoisotopic (exact) mass is 233 g/mol. The number of Topliss-reactive ketones (excluding diaryl/α,β-unsaturated/α-hetero) is 1. The van der Waals surface area contributed by atoms with Crippen LogP contribution in [-0.2, 0) is 24.1 Å². The number of rotatable bonds is 3. The van der Waals surface area contributed by atoms with Gasteiger partial charge in [0, 0.05) is 17.5 Å². The fourth-order valence-corrected chi connectivity index (χ4v) is 2.61. The Morgan fingerprint density at radius 1 is 1.47 bits per heavy atom. The van der Waals surface area contributed by atoms with Crippen LogP contribution in [0.4, 0.5) is 5.69 Å². The predicted octanol–water partition coefficient (Wildman–Crippen LogP) is 2.52. The Hall–Kier alpha value is -1.71. The van der Waals surface area contributed by atoms with E-state index in [1.807, 2.05) is 13.0 Å². The molecule has 0 spiro atoms. The van der Waals surface area contributed by atoms with E-state index in [-0.39, 0.29) is 22.8 Å². The molecule has 0 unspecified atom stereocenters. The smallest absolute Gasteiger partial charge is 0.276 e. The Kier molecular flexibility index (Phi) is 2.96. The zero-order chi connectivity index (χ0) is 12.6. The lowest BCUT2D eigenvalue weighted by atomic mass is 9.95. The number of hydrogen-bond acceptors (Lipinski definition) is 3. The number of nitro benzene ring substituents is 1. The molecular weight excluding hydrogens is 218 g/mol. The molecule has 1 aromatic rings. The number of ketones is 1. The van der Waals surface area contributed by atoms with Gasteiger partial charge in [-0.05, 0) is 44.2 Å². The summed E-state index contributed by atoms with van der Waals surface area (Å²) in [5.41, 5.74) is 3.58. The molecule has 0 radical (unpaired) electrons. The van der Waals surface area contributed by atoms with E-state index >= 15 is 0 Å². The second-order valence-electron chi connectivity index (χ2n) is 4.65.